The quantitative estimate of drug-likeness (QED) is 0.934. The van der Waals surface area contributed by atoms with Crippen LogP contribution in [0, 0.1) is 6.92 Å². The van der Waals surface area contributed by atoms with E-state index in [0.29, 0.717) is 19.4 Å². The summed E-state index contributed by atoms with van der Waals surface area (Å²) >= 11 is 0. The van der Waals surface area contributed by atoms with E-state index in [-0.39, 0.29) is 11.9 Å². The van der Waals surface area contributed by atoms with E-state index in [1.165, 1.54) is 0 Å². The highest BCUT2D eigenvalue weighted by molar-refractivity contribution is 5.76. The van der Waals surface area contributed by atoms with Gasteiger partial charge in [0.05, 0.1) is 6.04 Å². The van der Waals surface area contributed by atoms with E-state index in [9.17, 15) is 4.79 Å². The van der Waals surface area contributed by atoms with E-state index in [1.807, 2.05) is 30.2 Å². The van der Waals surface area contributed by atoms with Crippen LogP contribution in [0.3, 0.4) is 0 Å². The van der Waals surface area contributed by atoms with Gasteiger partial charge in [-0.25, -0.2) is 4.98 Å². The van der Waals surface area contributed by atoms with Gasteiger partial charge in [0.1, 0.15) is 17.3 Å². The van der Waals surface area contributed by atoms with Gasteiger partial charge in [-0.05, 0) is 26.1 Å². The van der Waals surface area contributed by atoms with Gasteiger partial charge in [0, 0.05) is 44.9 Å². The number of hydrogen-bond donors (Lipinski definition) is 1. The molecule has 0 aromatic carbocycles. The first-order valence-corrected chi connectivity index (χ1v) is 7.66. The Morgan fingerprint density at radius 1 is 1.45 bits per heavy atom. The molecule has 1 aliphatic heterocycles. The lowest BCUT2D eigenvalue weighted by molar-refractivity contribution is -0.134. The van der Waals surface area contributed by atoms with Crippen molar-refractivity contribution in [2.45, 2.75) is 25.8 Å². The van der Waals surface area contributed by atoms with Crippen LogP contribution in [0.25, 0.3) is 0 Å². The number of nitrogens with one attached hydrogen (secondary N) is 1. The van der Waals surface area contributed by atoms with Crippen molar-refractivity contribution in [3.63, 3.8) is 0 Å². The molecule has 1 aliphatic rings. The molecule has 0 spiro atoms. The zero-order chi connectivity index (χ0) is 15.5. The number of H-pyrrole nitrogens is 1. The third-order valence-corrected chi connectivity index (χ3v) is 4.22. The van der Waals surface area contributed by atoms with Crippen LogP contribution in [-0.4, -0.2) is 52.4 Å². The molecule has 0 aliphatic carbocycles. The van der Waals surface area contributed by atoms with Crippen molar-refractivity contribution in [3.8, 4) is 0 Å². The fourth-order valence-electron chi connectivity index (χ4n) is 2.86. The van der Waals surface area contributed by atoms with Gasteiger partial charge in [0.25, 0.3) is 0 Å². The second-order valence-electron chi connectivity index (χ2n) is 5.82. The topological polar surface area (TPSA) is 65.4 Å². The molecule has 22 heavy (non-hydrogen) atoms. The maximum Gasteiger partial charge on any atom is 0.223 e. The van der Waals surface area contributed by atoms with Crippen molar-refractivity contribution < 1.29 is 9.21 Å². The Hall–Kier alpha value is -2.08. The molecule has 6 nitrogen and oxygen atoms in total. The summed E-state index contributed by atoms with van der Waals surface area (Å²) in [6, 6.07) is 4.01. The number of nitrogens with zero attached hydrogens (tertiary/aromatic N) is 3. The van der Waals surface area contributed by atoms with Gasteiger partial charge >= 0.3 is 0 Å². The zero-order valence-corrected chi connectivity index (χ0v) is 13.1. The first-order chi connectivity index (χ1) is 10.6. The number of aromatic amines is 1. The van der Waals surface area contributed by atoms with Crippen LogP contribution >= 0.6 is 0 Å². The molecule has 1 saturated heterocycles. The highest BCUT2D eigenvalue weighted by Gasteiger charge is 2.29. The Morgan fingerprint density at radius 3 is 3.00 bits per heavy atom. The van der Waals surface area contributed by atoms with Gasteiger partial charge in [-0.2, -0.15) is 0 Å². The monoisotopic (exact) mass is 302 g/mol. The molecular formula is C16H22N4O2. The average molecular weight is 302 g/mol. The fourth-order valence-corrected chi connectivity index (χ4v) is 2.86. The summed E-state index contributed by atoms with van der Waals surface area (Å²) in [6.07, 6.45) is 4.72. The summed E-state index contributed by atoms with van der Waals surface area (Å²) < 4.78 is 5.52. The highest BCUT2D eigenvalue weighted by atomic mass is 16.3. The van der Waals surface area contributed by atoms with Crippen LogP contribution in [0.4, 0.5) is 0 Å². The Kier molecular flexibility index (Phi) is 4.29. The summed E-state index contributed by atoms with van der Waals surface area (Å²) in [7, 11) is 2.07. The van der Waals surface area contributed by atoms with Crippen LogP contribution in [0.1, 0.15) is 29.8 Å². The third-order valence-electron chi connectivity index (χ3n) is 4.22. The fraction of sp³-hybridized carbons (Fsp3) is 0.500. The lowest BCUT2D eigenvalue weighted by Gasteiger charge is -2.38. The summed E-state index contributed by atoms with van der Waals surface area (Å²) in [4.78, 5) is 24.1. The number of rotatable bonds is 4. The number of hydrogen-bond acceptors (Lipinski definition) is 4. The van der Waals surface area contributed by atoms with Crippen molar-refractivity contribution in [2.24, 2.45) is 0 Å². The Balaban J connectivity index is 1.58. The number of aromatic nitrogens is 2. The van der Waals surface area contributed by atoms with Crippen LogP contribution in [0.5, 0.6) is 0 Å². The molecule has 2 aromatic rings. The van der Waals surface area contributed by atoms with Crippen molar-refractivity contribution in [3.05, 3.63) is 41.9 Å². The van der Waals surface area contributed by atoms with Gasteiger partial charge in [-0.1, -0.05) is 0 Å². The number of imidazole rings is 1. The second kappa shape index (κ2) is 6.36. The van der Waals surface area contributed by atoms with Crippen LogP contribution < -0.4 is 0 Å². The molecule has 0 bridgehead atoms. The number of piperazine rings is 1. The minimum absolute atomic E-state index is 0.138. The van der Waals surface area contributed by atoms with E-state index in [4.69, 9.17) is 4.42 Å². The molecule has 1 N–H and O–H groups in total. The van der Waals surface area contributed by atoms with Gasteiger partial charge in [0.2, 0.25) is 5.91 Å². The summed E-state index contributed by atoms with van der Waals surface area (Å²) in [5.41, 5.74) is 0. The van der Waals surface area contributed by atoms with Crippen molar-refractivity contribution in [1.82, 2.24) is 19.8 Å². The lowest BCUT2D eigenvalue weighted by Crippen LogP contribution is -2.49. The minimum Gasteiger partial charge on any atom is -0.466 e. The van der Waals surface area contributed by atoms with E-state index in [2.05, 4.69) is 21.9 Å². The maximum absolute atomic E-state index is 12.4. The van der Waals surface area contributed by atoms with Crippen LogP contribution in [0.2, 0.25) is 0 Å². The number of likely N-dealkylation sites (N-methyl/N-ethyl adjacent to an activating group) is 1. The molecule has 3 heterocycles. The smallest absolute Gasteiger partial charge is 0.223 e. The zero-order valence-electron chi connectivity index (χ0n) is 13.1. The molecule has 1 amide bonds. The van der Waals surface area contributed by atoms with Crippen LogP contribution in [0.15, 0.2) is 28.9 Å². The van der Waals surface area contributed by atoms with E-state index >= 15 is 0 Å². The molecule has 1 fully saturated rings. The van der Waals surface area contributed by atoms with E-state index in [1.54, 1.807) is 6.20 Å². The average Bonchev–Trinajstić information content (AvgIpc) is 3.17. The minimum atomic E-state index is 0.138. The predicted molar refractivity (Wildman–Crippen MR) is 82.3 cm³/mol. The largest absolute Gasteiger partial charge is 0.466 e. The molecule has 118 valence electrons. The van der Waals surface area contributed by atoms with E-state index in [0.717, 1.165) is 30.4 Å². The van der Waals surface area contributed by atoms with Gasteiger partial charge < -0.3 is 14.3 Å². The molecule has 2 aromatic heterocycles. The first-order valence-electron chi connectivity index (χ1n) is 7.66. The van der Waals surface area contributed by atoms with Crippen molar-refractivity contribution >= 4 is 5.91 Å². The summed E-state index contributed by atoms with van der Waals surface area (Å²) in [6.45, 7) is 4.22. The molecule has 1 atom stereocenters. The van der Waals surface area contributed by atoms with Gasteiger partial charge in [0.15, 0.2) is 0 Å². The third kappa shape index (κ3) is 3.22. The molecule has 0 saturated carbocycles. The molecule has 3 rings (SSSR count). The predicted octanol–water partition coefficient (Wildman–Crippen LogP) is 1.76. The Bertz CT molecular complexity index is 620. The number of carbonyl (C=O) groups is 1. The van der Waals surface area contributed by atoms with Crippen molar-refractivity contribution in [1.29, 1.82) is 0 Å². The Labute approximate surface area is 130 Å². The number of amides is 1. The van der Waals surface area contributed by atoms with E-state index < -0.39 is 0 Å². The molecular weight excluding hydrogens is 280 g/mol. The lowest BCUT2D eigenvalue weighted by atomic mass is 10.1. The Morgan fingerprint density at radius 2 is 2.32 bits per heavy atom. The van der Waals surface area contributed by atoms with Crippen molar-refractivity contribution in [2.75, 3.05) is 26.7 Å². The summed E-state index contributed by atoms with van der Waals surface area (Å²) in [5, 5.41) is 0. The first kappa shape index (κ1) is 14.8. The standard InChI is InChI=1S/C16H22N4O2/c1-12-3-4-13(22-12)5-6-15(21)20-10-9-19(2)14(11-20)16-17-7-8-18-16/h3-4,7-8,14H,5-6,9-11H2,1-2H3,(H,17,18)/t14-/m1/s1. The SMILES string of the molecule is Cc1ccc(CCC(=O)N2CCN(C)[C@@H](c3ncc[nH]3)C2)o1. The summed E-state index contributed by atoms with van der Waals surface area (Å²) in [5.74, 6) is 2.86. The number of furan rings is 1. The molecule has 0 radical (unpaired) electrons. The molecule has 0 unspecified atom stereocenters. The molecule has 6 heteroatoms. The normalized spacial score (nSPS) is 19.5. The maximum atomic E-state index is 12.4. The second-order valence-corrected chi connectivity index (χ2v) is 5.82. The highest BCUT2D eigenvalue weighted by Crippen LogP contribution is 2.21. The van der Waals surface area contributed by atoms with Crippen LogP contribution in [-0.2, 0) is 11.2 Å². The number of aryl methyl sites for hydroxylation is 2. The number of carbonyl (C=O) groups excluding carboxylic acids is 1. The van der Waals surface area contributed by atoms with Gasteiger partial charge in [-0.15, -0.1) is 0 Å². The van der Waals surface area contributed by atoms with Gasteiger partial charge in [-0.3, -0.25) is 9.69 Å².